The Balaban J connectivity index is 2.04. The minimum absolute atomic E-state index is 0.0439. The minimum atomic E-state index is -0.0439. The van der Waals surface area contributed by atoms with Crippen molar-refractivity contribution in [2.75, 3.05) is 0 Å². The molecule has 2 N–H and O–H groups in total. The van der Waals surface area contributed by atoms with Crippen molar-refractivity contribution in [2.45, 2.75) is 38.8 Å². The fourth-order valence-electron chi connectivity index (χ4n) is 1.97. The monoisotopic (exact) mass is 277 g/mol. The van der Waals surface area contributed by atoms with Crippen molar-refractivity contribution < 1.29 is 0 Å². The first kappa shape index (κ1) is 14.1. The summed E-state index contributed by atoms with van der Waals surface area (Å²) in [5.41, 5.74) is 8.32. The molecule has 102 valence electrons. The van der Waals surface area contributed by atoms with Crippen LogP contribution < -0.4 is 5.73 Å². The lowest BCUT2D eigenvalue weighted by Gasteiger charge is -2.11. The molecule has 19 heavy (non-hydrogen) atoms. The number of rotatable bonds is 5. The number of nitrogens with two attached hydrogens (primary N) is 1. The van der Waals surface area contributed by atoms with Gasteiger partial charge in [-0.15, -0.1) is 0 Å². The zero-order valence-corrected chi connectivity index (χ0v) is 12.1. The van der Waals surface area contributed by atoms with Crippen LogP contribution in [-0.4, -0.2) is 9.78 Å². The molecule has 1 aromatic heterocycles. The third-order valence-corrected chi connectivity index (χ3v) is 3.69. The molecule has 0 aliphatic rings. The molecule has 2 unspecified atom stereocenters. The fourth-order valence-corrected chi connectivity index (χ4v) is 2.10. The second-order valence-electron chi connectivity index (χ2n) is 4.91. The van der Waals surface area contributed by atoms with Gasteiger partial charge in [0.2, 0.25) is 0 Å². The van der Waals surface area contributed by atoms with Gasteiger partial charge in [0, 0.05) is 29.7 Å². The molecule has 4 heteroatoms. The lowest BCUT2D eigenvalue weighted by atomic mass is 10.0. The van der Waals surface area contributed by atoms with E-state index in [4.69, 9.17) is 17.3 Å². The molecule has 0 bridgehead atoms. The summed E-state index contributed by atoms with van der Waals surface area (Å²) in [6.45, 7) is 4.32. The standard InChI is InChI=1S/C15H20ClN3/c1-3-11(2)19-9-8-14(18-19)10-15(17)12-4-6-13(16)7-5-12/h4-9,11,15H,3,10,17H2,1-2H3. The van der Waals surface area contributed by atoms with Gasteiger partial charge in [-0.05, 0) is 37.1 Å². The van der Waals surface area contributed by atoms with Crippen molar-refractivity contribution in [1.82, 2.24) is 9.78 Å². The van der Waals surface area contributed by atoms with E-state index < -0.39 is 0 Å². The highest BCUT2D eigenvalue weighted by Crippen LogP contribution is 2.18. The maximum atomic E-state index is 6.20. The molecule has 1 heterocycles. The smallest absolute Gasteiger partial charge is 0.0643 e. The molecule has 3 nitrogen and oxygen atoms in total. The Kier molecular flexibility index (Phi) is 4.61. The van der Waals surface area contributed by atoms with Crippen LogP contribution in [0.3, 0.4) is 0 Å². The Hall–Kier alpha value is -1.32. The second-order valence-corrected chi connectivity index (χ2v) is 5.34. The number of halogens is 1. The Morgan fingerprint density at radius 3 is 2.58 bits per heavy atom. The molecule has 0 radical (unpaired) electrons. The van der Waals surface area contributed by atoms with Gasteiger partial charge >= 0.3 is 0 Å². The van der Waals surface area contributed by atoms with E-state index in [0.717, 1.165) is 29.1 Å². The maximum Gasteiger partial charge on any atom is 0.0643 e. The van der Waals surface area contributed by atoms with E-state index in [1.807, 2.05) is 41.2 Å². The normalized spacial score (nSPS) is 14.3. The number of hydrogen-bond acceptors (Lipinski definition) is 2. The molecular formula is C15H20ClN3. The Labute approximate surface area is 119 Å². The van der Waals surface area contributed by atoms with E-state index >= 15 is 0 Å². The predicted octanol–water partition coefficient (Wildman–Crippen LogP) is 3.75. The molecule has 0 saturated heterocycles. The molecule has 0 aliphatic carbocycles. The van der Waals surface area contributed by atoms with Crippen LogP contribution in [0.2, 0.25) is 5.02 Å². The van der Waals surface area contributed by atoms with Gasteiger partial charge in [0.1, 0.15) is 0 Å². The first-order chi connectivity index (χ1) is 9.10. The van der Waals surface area contributed by atoms with Crippen molar-refractivity contribution in [2.24, 2.45) is 5.73 Å². The SMILES string of the molecule is CCC(C)n1ccc(CC(N)c2ccc(Cl)cc2)n1. The lowest BCUT2D eigenvalue weighted by Crippen LogP contribution is -2.14. The Bertz CT molecular complexity index is 518. The van der Waals surface area contributed by atoms with Crippen LogP contribution in [-0.2, 0) is 6.42 Å². The highest BCUT2D eigenvalue weighted by atomic mass is 35.5. The molecule has 2 aromatic rings. The summed E-state index contributed by atoms with van der Waals surface area (Å²) in [6, 6.07) is 10.1. The van der Waals surface area contributed by atoms with Crippen molar-refractivity contribution >= 4 is 11.6 Å². The third kappa shape index (κ3) is 3.58. The summed E-state index contributed by atoms with van der Waals surface area (Å²) < 4.78 is 2.00. The number of nitrogens with zero attached hydrogens (tertiary/aromatic N) is 2. The summed E-state index contributed by atoms with van der Waals surface area (Å²) >= 11 is 5.87. The Morgan fingerprint density at radius 1 is 1.26 bits per heavy atom. The molecule has 0 saturated carbocycles. The number of benzene rings is 1. The third-order valence-electron chi connectivity index (χ3n) is 3.43. The van der Waals surface area contributed by atoms with E-state index in [1.165, 1.54) is 0 Å². The number of hydrogen-bond donors (Lipinski definition) is 1. The predicted molar refractivity (Wildman–Crippen MR) is 79.3 cm³/mol. The minimum Gasteiger partial charge on any atom is -0.324 e. The van der Waals surface area contributed by atoms with E-state index in [-0.39, 0.29) is 6.04 Å². The molecule has 0 fully saturated rings. The Morgan fingerprint density at radius 2 is 1.95 bits per heavy atom. The van der Waals surface area contributed by atoms with E-state index in [2.05, 4.69) is 18.9 Å². The fraction of sp³-hybridized carbons (Fsp3) is 0.400. The van der Waals surface area contributed by atoms with Gasteiger partial charge in [0.25, 0.3) is 0 Å². The average molecular weight is 278 g/mol. The van der Waals surface area contributed by atoms with Crippen LogP contribution >= 0.6 is 11.6 Å². The molecular weight excluding hydrogens is 258 g/mol. The van der Waals surface area contributed by atoms with Crippen molar-refractivity contribution in [3.63, 3.8) is 0 Å². The van der Waals surface area contributed by atoms with Crippen molar-refractivity contribution in [1.29, 1.82) is 0 Å². The number of aromatic nitrogens is 2. The highest BCUT2D eigenvalue weighted by Gasteiger charge is 2.10. The van der Waals surface area contributed by atoms with Crippen LogP contribution in [0.4, 0.5) is 0 Å². The first-order valence-corrected chi connectivity index (χ1v) is 7.03. The van der Waals surface area contributed by atoms with Gasteiger partial charge in [0.15, 0.2) is 0 Å². The summed E-state index contributed by atoms with van der Waals surface area (Å²) in [6.07, 6.45) is 3.84. The van der Waals surface area contributed by atoms with Gasteiger partial charge in [-0.2, -0.15) is 5.10 Å². The quantitative estimate of drug-likeness (QED) is 0.904. The van der Waals surface area contributed by atoms with E-state index in [9.17, 15) is 0 Å². The van der Waals surface area contributed by atoms with Gasteiger partial charge in [-0.25, -0.2) is 0 Å². The highest BCUT2D eigenvalue weighted by molar-refractivity contribution is 6.30. The molecule has 2 atom stereocenters. The molecule has 0 spiro atoms. The van der Waals surface area contributed by atoms with E-state index in [0.29, 0.717) is 6.04 Å². The van der Waals surface area contributed by atoms with E-state index in [1.54, 1.807) is 0 Å². The van der Waals surface area contributed by atoms with Crippen LogP contribution in [0.5, 0.6) is 0 Å². The summed E-state index contributed by atoms with van der Waals surface area (Å²) in [5, 5.41) is 5.31. The zero-order chi connectivity index (χ0) is 13.8. The summed E-state index contributed by atoms with van der Waals surface area (Å²) in [5.74, 6) is 0. The first-order valence-electron chi connectivity index (χ1n) is 6.65. The second kappa shape index (κ2) is 6.22. The topological polar surface area (TPSA) is 43.8 Å². The zero-order valence-electron chi connectivity index (χ0n) is 11.4. The van der Waals surface area contributed by atoms with Gasteiger partial charge < -0.3 is 5.73 Å². The lowest BCUT2D eigenvalue weighted by molar-refractivity contribution is 0.472. The van der Waals surface area contributed by atoms with Crippen LogP contribution in [0.25, 0.3) is 0 Å². The van der Waals surface area contributed by atoms with Gasteiger partial charge in [-0.3, -0.25) is 4.68 Å². The van der Waals surface area contributed by atoms with Gasteiger partial charge in [0.05, 0.1) is 5.69 Å². The summed E-state index contributed by atoms with van der Waals surface area (Å²) in [4.78, 5) is 0. The van der Waals surface area contributed by atoms with Crippen molar-refractivity contribution in [3.05, 3.63) is 52.8 Å². The van der Waals surface area contributed by atoms with Crippen LogP contribution in [0.15, 0.2) is 36.5 Å². The van der Waals surface area contributed by atoms with Crippen LogP contribution in [0.1, 0.15) is 43.6 Å². The molecule has 1 aromatic carbocycles. The maximum absolute atomic E-state index is 6.20. The molecule has 0 aliphatic heterocycles. The molecule has 2 rings (SSSR count). The average Bonchev–Trinajstić information content (AvgIpc) is 2.87. The van der Waals surface area contributed by atoms with Crippen LogP contribution in [0, 0.1) is 0 Å². The summed E-state index contributed by atoms with van der Waals surface area (Å²) in [7, 11) is 0. The molecule has 0 amide bonds. The van der Waals surface area contributed by atoms with Crippen molar-refractivity contribution in [3.8, 4) is 0 Å². The largest absolute Gasteiger partial charge is 0.324 e. The van der Waals surface area contributed by atoms with Gasteiger partial charge in [-0.1, -0.05) is 30.7 Å².